The number of nitrogen functional groups attached to an aromatic ring is 1. The Labute approximate surface area is 144 Å². The molecule has 3 N–H and O–H groups in total. The number of fused-ring (bicyclic) bond motifs is 1. The van der Waals surface area contributed by atoms with E-state index in [0.29, 0.717) is 17.2 Å². The van der Waals surface area contributed by atoms with Crippen LogP contribution in [0.2, 0.25) is 0 Å². The molecule has 2 aromatic heterocycles. The van der Waals surface area contributed by atoms with Gasteiger partial charge in [0.25, 0.3) is 5.56 Å². The zero-order valence-corrected chi connectivity index (χ0v) is 13.9. The average Bonchev–Trinajstić information content (AvgIpc) is 3.01. The Balaban J connectivity index is 1.99. The molecule has 0 saturated carbocycles. The lowest BCUT2D eigenvalue weighted by Crippen LogP contribution is -2.23. The number of hydrogen-bond donors (Lipinski definition) is 2. The molecule has 2 heterocycles. The second-order valence-corrected chi connectivity index (χ2v) is 5.99. The van der Waals surface area contributed by atoms with Crippen molar-refractivity contribution in [1.29, 1.82) is 0 Å². The van der Waals surface area contributed by atoms with Crippen LogP contribution < -0.4 is 11.3 Å². The average molecular weight is 331 g/mol. The number of hydrogen-bond acceptors (Lipinski definition) is 4. The maximum absolute atomic E-state index is 13.0. The van der Waals surface area contributed by atoms with E-state index in [1.54, 1.807) is 0 Å². The van der Waals surface area contributed by atoms with E-state index in [4.69, 9.17) is 5.73 Å². The van der Waals surface area contributed by atoms with E-state index in [-0.39, 0.29) is 17.0 Å². The highest BCUT2D eigenvalue weighted by atomic mass is 16.1. The van der Waals surface area contributed by atoms with Gasteiger partial charge in [-0.3, -0.25) is 4.79 Å². The van der Waals surface area contributed by atoms with E-state index in [2.05, 4.69) is 15.0 Å². The van der Waals surface area contributed by atoms with Crippen LogP contribution in [0.4, 0.5) is 5.95 Å². The predicted molar refractivity (Wildman–Crippen MR) is 98.8 cm³/mol. The van der Waals surface area contributed by atoms with Crippen molar-refractivity contribution in [3.8, 4) is 17.1 Å². The number of benzene rings is 2. The van der Waals surface area contributed by atoms with Crippen LogP contribution in [0.3, 0.4) is 0 Å². The van der Waals surface area contributed by atoms with Gasteiger partial charge in [0.15, 0.2) is 11.2 Å². The zero-order valence-electron chi connectivity index (χ0n) is 13.9. The Morgan fingerprint density at radius 1 is 0.960 bits per heavy atom. The molecule has 0 unspecified atom stereocenters. The third kappa shape index (κ3) is 2.39. The van der Waals surface area contributed by atoms with Gasteiger partial charge in [-0.25, -0.2) is 9.55 Å². The highest BCUT2D eigenvalue weighted by molar-refractivity contribution is 5.77. The minimum Gasteiger partial charge on any atom is -0.369 e. The molecule has 0 amide bonds. The maximum Gasteiger partial charge on any atom is 0.287 e. The lowest BCUT2D eigenvalue weighted by atomic mass is 10.1. The van der Waals surface area contributed by atoms with Gasteiger partial charge < -0.3 is 10.7 Å². The smallest absolute Gasteiger partial charge is 0.287 e. The fourth-order valence-corrected chi connectivity index (χ4v) is 2.98. The fourth-order valence-electron chi connectivity index (χ4n) is 2.98. The Kier molecular flexibility index (Phi) is 3.39. The summed E-state index contributed by atoms with van der Waals surface area (Å²) in [6, 6.07) is 15.4. The summed E-state index contributed by atoms with van der Waals surface area (Å²) < 4.78 is 1.40. The number of nitrogens with zero attached hydrogens (tertiary/aromatic N) is 3. The highest BCUT2D eigenvalue weighted by Gasteiger charge is 2.16. The lowest BCUT2D eigenvalue weighted by molar-refractivity contribution is 0.966. The van der Waals surface area contributed by atoms with Gasteiger partial charge in [-0.05, 0) is 31.0 Å². The van der Waals surface area contributed by atoms with Crippen LogP contribution in [0.25, 0.3) is 28.2 Å². The van der Waals surface area contributed by atoms with Gasteiger partial charge in [-0.15, -0.1) is 0 Å². The molecule has 0 saturated heterocycles. The number of aromatic amines is 1. The van der Waals surface area contributed by atoms with Crippen LogP contribution in [0.15, 0.2) is 53.3 Å². The van der Waals surface area contributed by atoms with Crippen molar-refractivity contribution in [3.63, 3.8) is 0 Å². The molecule has 6 heteroatoms. The molecule has 0 bridgehead atoms. The van der Waals surface area contributed by atoms with E-state index >= 15 is 0 Å². The van der Waals surface area contributed by atoms with E-state index < -0.39 is 0 Å². The molecule has 0 aliphatic carbocycles. The predicted octanol–water partition coefficient (Wildman–Crippen LogP) is 2.97. The standard InChI is InChI=1S/C19H17N5O/c1-11-7-3-5-9-13(11)16-21-15-17(22-16)23-19(20)24(18(15)25)14-10-6-4-8-12(14)2/h3-10H,1-2H3,(H2,20,23)(H,21,22). The summed E-state index contributed by atoms with van der Waals surface area (Å²) in [5.74, 6) is 0.742. The molecule has 6 nitrogen and oxygen atoms in total. The summed E-state index contributed by atoms with van der Waals surface area (Å²) in [5, 5.41) is 0. The number of nitrogens with one attached hydrogen (secondary N) is 1. The maximum atomic E-state index is 13.0. The topological polar surface area (TPSA) is 89.6 Å². The van der Waals surface area contributed by atoms with Crippen molar-refractivity contribution < 1.29 is 0 Å². The molecular weight excluding hydrogens is 314 g/mol. The lowest BCUT2D eigenvalue weighted by Gasteiger charge is -2.10. The van der Waals surface area contributed by atoms with Gasteiger partial charge in [-0.2, -0.15) is 4.98 Å². The number of rotatable bonds is 2. The van der Waals surface area contributed by atoms with Crippen molar-refractivity contribution >= 4 is 17.1 Å². The van der Waals surface area contributed by atoms with Crippen LogP contribution in [0.5, 0.6) is 0 Å². The SMILES string of the molecule is Cc1ccccc1-c1nc2c(=O)n(-c3ccccc3C)c(N)nc2[nH]1. The first-order chi connectivity index (χ1) is 12.1. The van der Waals surface area contributed by atoms with Crippen molar-refractivity contribution in [2.75, 3.05) is 5.73 Å². The summed E-state index contributed by atoms with van der Waals surface area (Å²) in [6.07, 6.45) is 0. The minimum atomic E-state index is -0.284. The van der Waals surface area contributed by atoms with Crippen molar-refractivity contribution in [1.82, 2.24) is 19.5 Å². The van der Waals surface area contributed by atoms with Gasteiger partial charge in [-0.1, -0.05) is 42.5 Å². The van der Waals surface area contributed by atoms with E-state index in [0.717, 1.165) is 16.7 Å². The van der Waals surface area contributed by atoms with Gasteiger partial charge >= 0.3 is 0 Å². The number of aromatic nitrogens is 4. The Bertz CT molecular complexity index is 1160. The third-order valence-electron chi connectivity index (χ3n) is 4.30. The number of aryl methyl sites for hydroxylation is 2. The quantitative estimate of drug-likeness (QED) is 0.591. The van der Waals surface area contributed by atoms with Crippen molar-refractivity contribution in [2.45, 2.75) is 13.8 Å². The summed E-state index contributed by atoms with van der Waals surface area (Å²) in [4.78, 5) is 24.9. The molecule has 124 valence electrons. The highest BCUT2D eigenvalue weighted by Crippen LogP contribution is 2.23. The van der Waals surface area contributed by atoms with Crippen LogP contribution in [-0.2, 0) is 0 Å². The van der Waals surface area contributed by atoms with Gasteiger partial charge in [0.1, 0.15) is 5.82 Å². The van der Waals surface area contributed by atoms with Gasteiger partial charge in [0.2, 0.25) is 5.95 Å². The summed E-state index contributed by atoms with van der Waals surface area (Å²) in [5.41, 5.74) is 10.1. The van der Waals surface area contributed by atoms with Crippen LogP contribution in [-0.4, -0.2) is 19.5 Å². The van der Waals surface area contributed by atoms with Crippen molar-refractivity contribution in [3.05, 3.63) is 70.0 Å². The monoisotopic (exact) mass is 331 g/mol. The Hall–Kier alpha value is -3.41. The second-order valence-electron chi connectivity index (χ2n) is 5.99. The number of imidazole rings is 1. The first kappa shape index (κ1) is 15.1. The molecule has 0 aliphatic heterocycles. The molecule has 2 aromatic carbocycles. The summed E-state index contributed by atoms with van der Waals surface area (Å²) >= 11 is 0. The molecule has 0 atom stereocenters. The largest absolute Gasteiger partial charge is 0.369 e. The fraction of sp³-hybridized carbons (Fsp3) is 0.105. The number of para-hydroxylation sites is 1. The van der Waals surface area contributed by atoms with Crippen LogP contribution in [0.1, 0.15) is 11.1 Å². The van der Waals surface area contributed by atoms with E-state index in [9.17, 15) is 4.79 Å². The minimum absolute atomic E-state index is 0.131. The zero-order chi connectivity index (χ0) is 17.6. The summed E-state index contributed by atoms with van der Waals surface area (Å²) in [7, 11) is 0. The van der Waals surface area contributed by atoms with Crippen LogP contribution >= 0.6 is 0 Å². The van der Waals surface area contributed by atoms with Crippen molar-refractivity contribution in [2.24, 2.45) is 0 Å². The number of nitrogens with two attached hydrogens (primary N) is 1. The molecule has 0 aliphatic rings. The number of H-pyrrole nitrogens is 1. The first-order valence-corrected chi connectivity index (χ1v) is 7.96. The first-order valence-electron chi connectivity index (χ1n) is 7.96. The molecule has 0 radical (unpaired) electrons. The van der Waals surface area contributed by atoms with E-state index in [1.165, 1.54) is 4.57 Å². The van der Waals surface area contributed by atoms with Gasteiger partial charge in [0.05, 0.1) is 5.69 Å². The number of anilines is 1. The Morgan fingerprint density at radius 3 is 2.36 bits per heavy atom. The normalized spacial score (nSPS) is 11.1. The third-order valence-corrected chi connectivity index (χ3v) is 4.30. The molecule has 25 heavy (non-hydrogen) atoms. The summed E-state index contributed by atoms with van der Waals surface area (Å²) in [6.45, 7) is 3.92. The molecule has 4 rings (SSSR count). The molecule has 0 spiro atoms. The second kappa shape index (κ2) is 5.59. The Morgan fingerprint density at radius 2 is 1.64 bits per heavy atom. The molecule has 0 fully saturated rings. The van der Waals surface area contributed by atoms with E-state index in [1.807, 2.05) is 62.4 Å². The molecular formula is C19H17N5O. The molecule has 4 aromatic rings. The van der Waals surface area contributed by atoms with Crippen LogP contribution in [0, 0.1) is 13.8 Å². The van der Waals surface area contributed by atoms with Gasteiger partial charge in [0, 0.05) is 5.56 Å².